The summed E-state index contributed by atoms with van der Waals surface area (Å²) < 4.78 is 0. The van der Waals surface area contributed by atoms with E-state index in [2.05, 4.69) is 22.2 Å². The maximum absolute atomic E-state index is 9.94. The van der Waals surface area contributed by atoms with Crippen molar-refractivity contribution in [1.82, 2.24) is 15.3 Å². The van der Waals surface area contributed by atoms with Gasteiger partial charge in [-0.2, -0.15) is 0 Å². The van der Waals surface area contributed by atoms with Crippen LogP contribution in [-0.2, 0) is 0 Å². The first kappa shape index (κ1) is 12.5. The molecule has 1 heterocycles. The lowest BCUT2D eigenvalue weighted by molar-refractivity contribution is 0.0856. The summed E-state index contributed by atoms with van der Waals surface area (Å²) in [4.78, 5) is 8.61. The van der Waals surface area contributed by atoms with E-state index >= 15 is 0 Å². The smallest absolute Gasteiger partial charge is 0.0782 e. The first-order valence-electron chi connectivity index (χ1n) is 6.40. The zero-order valence-electron chi connectivity index (χ0n) is 10.6. The summed E-state index contributed by atoms with van der Waals surface area (Å²) in [5.41, 5.74) is 1.93. The van der Waals surface area contributed by atoms with Gasteiger partial charge >= 0.3 is 0 Å². The monoisotopic (exact) mass is 235 g/mol. The molecule has 1 fully saturated rings. The minimum atomic E-state index is -0.219. The number of rotatable bonds is 3. The minimum Gasteiger partial charge on any atom is -0.392 e. The van der Waals surface area contributed by atoms with Crippen molar-refractivity contribution in [2.45, 2.75) is 57.7 Å². The van der Waals surface area contributed by atoms with Crippen molar-refractivity contribution in [3.8, 4) is 0 Å². The molecule has 4 nitrogen and oxygen atoms in total. The number of aryl methyl sites for hydroxylation is 1. The van der Waals surface area contributed by atoms with E-state index in [1.54, 1.807) is 12.4 Å². The molecule has 0 spiro atoms. The Morgan fingerprint density at radius 1 is 1.29 bits per heavy atom. The zero-order valence-corrected chi connectivity index (χ0v) is 10.6. The second kappa shape index (κ2) is 5.56. The third kappa shape index (κ3) is 3.01. The molecule has 0 bridgehead atoms. The molecule has 1 aromatic heterocycles. The molecule has 4 heteroatoms. The van der Waals surface area contributed by atoms with Crippen LogP contribution < -0.4 is 5.32 Å². The number of hydrogen-bond acceptors (Lipinski definition) is 4. The number of aromatic nitrogens is 2. The van der Waals surface area contributed by atoms with Gasteiger partial charge in [-0.25, -0.2) is 0 Å². The summed E-state index contributed by atoms with van der Waals surface area (Å²) in [5, 5.41) is 13.4. The zero-order chi connectivity index (χ0) is 12.3. The lowest BCUT2D eigenvalue weighted by Gasteiger charge is -2.31. The van der Waals surface area contributed by atoms with E-state index in [9.17, 15) is 5.11 Å². The highest BCUT2D eigenvalue weighted by atomic mass is 16.3. The van der Waals surface area contributed by atoms with Crippen LogP contribution in [0.5, 0.6) is 0 Å². The lowest BCUT2D eigenvalue weighted by Crippen LogP contribution is -2.43. The molecule has 1 aromatic rings. The maximum atomic E-state index is 9.94. The Morgan fingerprint density at radius 2 is 2.00 bits per heavy atom. The van der Waals surface area contributed by atoms with Gasteiger partial charge in [0.2, 0.25) is 0 Å². The number of nitrogens with one attached hydrogen (secondary N) is 1. The summed E-state index contributed by atoms with van der Waals surface area (Å²) in [6.07, 6.45) is 7.50. The highest BCUT2D eigenvalue weighted by Crippen LogP contribution is 2.21. The van der Waals surface area contributed by atoms with Crippen molar-refractivity contribution >= 4 is 0 Å². The summed E-state index contributed by atoms with van der Waals surface area (Å²) in [5.74, 6) is 0. The standard InChI is InChI=1S/C13H21N3O/c1-9-13(15-8-7-14-9)10(2)16-11-5-3-4-6-12(11)17/h7-8,10-12,16-17H,3-6H2,1-2H3/t10?,11-,12-/m1/s1. The molecule has 1 aliphatic rings. The topological polar surface area (TPSA) is 58.0 Å². The minimum absolute atomic E-state index is 0.140. The van der Waals surface area contributed by atoms with Gasteiger partial charge in [-0.05, 0) is 26.7 Å². The predicted octanol–water partition coefficient (Wildman–Crippen LogP) is 1.74. The van der Waals surface area contributed by atoms with E-state index in [-0.39, 0.29) is 18.2 Å². The Balaban J connectivity index is 2.01. The Morgan fingerprint density at radius 3 is 2.71 bits per heavy atom. The van der Waals surface area contributed by atoms with Crippen molar-refractivity contribution < 1.29 is 5.11 Å². The molecule has 1 unspecified atom stereocenters. The maximum Gasteiger partial charge on any atom is 0.0782 e. The molecule has 2 rings (SSSR count). The van der Waals surface area contributed by atoms with Gasteiger partial charge in [0.1, 0.15) is 0 Å². The van der Waals surface area contributed by atoms with E-state index in [1.807, 2.05) is 6.92 Å². The quantitative estimate of drug-likeness (QED) is 0.838. The van der Waals surface area contributed by atoms with E-state index in [1.165, 1.54) is 6.42 Å². The molecule has 0 amide bonds. The van der Waals surface area contributed by atoms with Gasteiger partial charge in [0.05, 0.1) is 17.5 Å². The Labute approximate surface area is 102 Å². The van der Waals surface area contributed by atoms with Gasteiger partial charge in [0.15, 0.2) is 0 Å². The summed E-state index contributed by atoms with van der Waals surface area (Å²) in [6.45, 7) is 4.05. The molecular weight excluding hydrogens is 214 g/mol. The second-order valence-electron chi connectivity index (χ2n) is 4.87. The van der Waals surface area contributed by atoms with Crippen LogP contribution in [0.4, 0.5) is 0 Å². The third-order valence-electron chi connectivity index (χ3n) is 3.52. The van der Waals surface area contributed by atoms with Gasteiger partial charge in [-0.15, -0.1) is 0 Å². The normalized spacial score (nSPS) is 26.8. The lowest BCUT2D eigenvalue weighted by atomic mass is 9.92. The third-order valence-corrected chi connectivity index (χ3v) is 3.52. The molecule has 0 saturated heterocycles. The van der Waals surface area contributed by atoms with Gasteiger partial charge in [0.25, 0.3) is 0 Å². The number of hydrogen-bond donors (Lipinski definition) is 2. The van der Waals surface area contributed by atoms with E-state index in [4.69, 9.17) is 0 Å². The number of nitrogens with zero attached hydrogens (tertiary/aromatic N) is 2. The highest BCUT2D eigenvalue weighted by Gasteiger charge is 2.25. The SMILES string of the molecule is Cc1nccnc1C(C)N[C@@H]1CCCC[C@H]1O. The fraction of sp³-hybridized carbons (Fsp3) is 0.692. The number of aliphatic hydroxyl groups is 1. The van der Waals surface area contributed by atoms with Crippen LogP contribution in [0.15, 0.2) is 12.4 Å². The van der Waals surface area contributed by atoms with Crippen LogP contribution in [0.25, 0.3) is 0 Å². The first-order chi connectivity index (χ1) is 8.18. The number of aliphatic hydroxyl groups excluding tert-OH is 1. The van der Waals surface area contributed by atoms with Gasteiger partial charge in [-0.3, -0.25) is 9.97 Å². The summed E-state index contributed by atoms with van der Waals surface area (Å²) in [7, 11) is 0. The molecule has 1 aliphatic carbocycles. The van der Waals surface area contributed by atoms with E-state index < -0.39 is 0 Å². The average molecular weight is 235 g/mol. The molecule has 0 radical (unpaired) electrons. The van der Waals surface area contributed by atoms with Gasteiger partial charge < -0.3 is 10.4 Å². The van der Waals surface area contributed by atoms with Gasteiger partial charge in [-0.1, -0.05) is 12.8 Å². The second-order valence-corrected chi connectivity index (χ2v) is 4.87. The fourth-order valence-electron chi connectivity index (χ4n) is 2.55. The van der Waals surface area contributed by atoms with E-state index in [0.29, 0.717) is 0 Å². The van der Waals surface area contributed by atoms with Gasteiger partial charge in [0, 0.05) is 24.5 Å². The Kier molecular flexibility index (Phi) is 4.07. The van der Waals surface area contributed by atoms with Crippen molar-refractivity contribution in [2.75, 3.05) is 0 Å². The fourth-order valence-corrected chi connectivity index (χ4v) is 2.55. The first-order valence-corrected chi connectivity index (χ1v) is 6.40. The molecule has 0 aliphatic heterocycles. The molecule has 0 aromatic carbocycles. The van der Waals surface area contributed by atoms with Crippen LogP contribution in [0.3, 0.4) is 0 Å². The van der Waals surface area contributed by atoms with Crippen LogP contribution in [-0.4, -0.2) is 27.2 Å². The van der Waals surface area contributed by atoms with Crippen molar-refractivity contribution in [3.05, 3.63) is 23.8 Å². The largest absolute Gasteiger partial charge is 0.392 e. The predicted molar refractivity (Wildman–Crippen MR) is 66.6 cm³/mol. The molecule has 17 heavy (non-hydrogen) atoms. The van der Waals surface area contributed by atoms with Crippen LogP contribution in [0.2, 0.25) is 0 Å². The van der Waals surface area contributed by atoms with E-state index in [0.717, 1.165) is 30.7 Å². The van der Waals surface area contributed by atoms with Crippen molar-refractivity contribution in [3.63, 3.8) is 0 Å². The van der Waals surface area contributed by atoms with Crippen LogP contribution >= 0.6 is 0 Å². The van der Waals surface area contributed by atoms with Crippen LogP contribution in [0.1, 0.15) is 50.0 Å². The molecule has 2 N–H and O–H groups in total. The van der Waals surface area contributed by atoms with Crippen molar-refractivity contribution in [2.24, 2.45) is 0 Å². The molecule has 3 atom stereocenters. The summed E-state index contributed by atoms with van der Waals surface area (Å²) in [6, 6.07) is 0.335. The highest BCUT2D eigenvalue weighted by molar-refractivity contribution is 5.12. The molecule has 94 valence electrons. The summed E-state index contributed by atoms with van der Waals surface area (Å²) >= 11 is 0. The Bertz CT molecular complexity index is 369. The Hall–Kier alpha value is -1.00. The average Bonchev–Trinajstić information content (AvgIpc) is 2.32. The van der Waals surface area contributed by atoms with Crippen LogP contribution in [0, 0.1) is 6.92 Å². The molecule has 1 saturated carbocycles. The van der Waals surface area contributed by atoms with Crippen molar-refractivity contribution in [1.29, 1.82) is 0 Å². The molecular formula is C13H21N3O.